The summed E-state index contributed by atoms with van der Waals surface area (Å²) in [7, 11) is 0. The summed E-state index contributed by atoms with van der Waals surface area (Å²) >= 11 is 5.89. The quantitative estimate of drug-likeness (QED) is 0.456. The van der Waals surface area contributed by atoms with Crippen LogP contribution in [0.1, 0.15) is 24.0 Å². The minimum absolute atomic E-state index is 0.179. The second-order valence-corrected chi connectivity index (χ2v) is 5.68. The smallest absolute Gasteiger partial charge is 0.240 e. The molecule has 0 aliphatic heterocycles. The van der Waals surface area contributed by atoms with Crippen LogP contribution in [0.25, 0.3) is 0 Å². The van der Waals surface area contributed by atoms with Crippen molar-refractivity contribution in [2.75, 3.05) is 6.61 Å². The molecular weight excluding hydrogens is 328 g/mol. The number of aryl methyl sites for hydroxylation is 1. The number of amides is 1. The fourth-order valence-corrected chi connectivity index (χ4v) is 2.21. The Morgan fingerprint density at radius 2 is 2.04 bits per heavy atom. The average molecular weight is 347 g/mol. The van der Waals surface area contributed by atoms with E-state index in [1.54, 1.807) is 30.3 Å². The maximum absolute atomic E-state index is 11.7. The van der Waals surface area contributed by atoms with Gasteiger partial charge in [0.1, 0.15) is 11.5 Å². The Kier molecular flexibility index (Phi) is 6.63. The molecule has 126 valence electrons. The summed E-state index contributed by atoms with van der Waals surface area (Å²) in [5.41, 5.74) is 4.21. The molecule has 2 rings (SSSR count). The molecular formula is C18H19ClN2O3. The first kappa shape index (κ1) is 17.8. The number of carbonyl (C=O) groups excluding carboxylic acids is 1. The van der Waals surface area contributed by atoms with Gasteiger partial charge in [-0.1, -0.05) is 11.6 Å². The highest BCUT2D eigenvalue weighted by Crippen LogP contribution is 2.21. The Balaban J connectivity index is 1.67. The van der Waals surface area contributed by atoms with Gasteiger partial charge in [-0.15, -0.1) is 0 Å². The molecule has 0 saturated heterocycles. The Morgan fingerprint density at radius 1 is 1.29 bits per heavy atom. The molecule has 0 aliphatic rings. The third-order valence-corrected chi connectivity index (χ3v) is 3.47. The van der Waals surface area contributed by atoms with Crippen LogP contribution >= 0.6 is 11.6 Å². The normalized spacial score (nSPS) is 10.8. The number of hydrogen-bond acceptors (Lipinski definition) is 4. The minimum atomic E-state index is -0.179. The Hall–Kier alpha value is -2.53. The standard InChI is InChI=1S/C18H19ClN2O3/c1-13-11-15(19)6-9-17(13)24-10-2-3-18(23)21-20-12-14-4-7-16(22)8-5-14/h4-9,11-12,22H,2-3,10H2,1H3,(H,21,23)/b20-12+. The maximum Gasteiger partial charge on any atom is 0.240 e. The zero-order valence-electron chi connectivity index (χ0n) is 13.3. The Morgan fingerprint density at radius 3 is 2.75 bits per heavy atom. The third-order valence-electron chi connectivity index (χ3n) is 3.24. The molecule has 0 aromatic heterocycles. The molecule has 0 unspecified atom stereocenters. The van der Waals surface area contributed by atoms with Gasteiger partial charge in [0, 0.05) is 11.4 Å². The summed E-state index contributed by atoms with van der Waals surface area (Å²) < 4.78 is 5.63. The van der Waals surface area contributed by atoms with Gasteiger partial charge in [0.2, 0.25) is 5.91 Å². The second kappa shape index (κ2) is 8.93. The fraction of sp³-hybridized carbons (Fsp3) is 0.222. The van der Waals surface area contributed by atoms with Gasteiger partial charge < -0.3 is 9.84 Å². The van der Waals surface area contributed by atoms with Crippen molar-refractivity contribution in [3.8, 4) is 11.5 Å². The van der Waals surface area contributed by atoms with Crippen molar-refractivity contribution in [3.63, 3.8) is 0 Å². The van der Waals surface area contributed by atoms with Crippen molar-refractivity contribution in [1.82, 2.24) is 5.43 Å². The van der Waals surface area contributed by atoms with Crippen LogP contribution in [0.2, 0.25) is 5.02 Å². The molecule has 5 nitrogen and oxygen atoms in total. The van der Waals surface area contributed by atoms with Crippen LogP contribution in [-0.2, 0) is 4.79 Å². The molecule has 6 heteroatoms. The lowest BCUT2D eigenvalue weighted by Crippen LogP contribution is -2.18. The van der Waals surface area contributed by atoms with E-state index < -0.39 is 0 Å². The van der Waals surface area contributed by atoms with Gasteiger partial charge in [-0.2, -0.15) is 5.10 Å². The number of nitrogens with zero attached hydrogens (tertiary/aromatic N) is 1. The van der Waals surface area contributed by atoms with Crippen molar-refractivity contribution in [1.29, 1.82) is 0 Å². The number of rotatable bonds is 7. The number of hydrazone groups is 1. The molecule has 0 spiro atoms. The van der Waals surface area contributed by atoms with Gasteiger partial charge in [-0.05, 0) is 66.9 Å². The molecule has 2 N–H and O–H groups in total. The summed E-state index contributed by atoms with van der Waals surface area (Å²) in [5.74, 6) is 0.777. The number of aromatic hydroxyl groups is 1. The maximum atomic E-state index is 11.7. The topological polar surface area (TPSA) is 70.9 Å². The van der Waals surface area contributed by atoms with Gasteiger partial charge in [0.25, 0.3) is 0 Å². The van der Waals surface area contributed by atoms with Crippen molar-refractivity contribution >= 4 is 23.7 Å². The number of nitrogens with one attached hydrogen (secondary N) is 1. The highest BCUT2D eigenvalue weighted by molar-refractivity contribution is 6.30. The molecule has 0 heterocycles. The van der Waals surface area contributed by atoms with E-state index in [2.05, 4.69) is 10.5 Å². The van der Waals surface area contributed by atoms with Gasteiger partial charge >= 0.3 is 0 Å². The summed E-state index contributed by atoms with van der Waals surface area (Å²) in [6.07, 6.45) is 2.42. The number of ether oxygens (including phenoxy) is 1. The van der Waals surface area contributed by atoms with E-state index in [0.29, 0.717) is 24.5 Å². The van der Waals surface area contributed by atoms with Crippen LogP contribution in [0.5, 0.6) is 11.5 Å². The lowest BCUT2D eigenvalue weighted by molar-refractivity contribution is -0.121. The number of benzene rings is 2. The largest absolute Gasteiger partial charge is 0.508 e. The molecule has 2 aromatic rings. The molecule has 24 heavy (non-hydrogen) atoms. The molecule has 0 aliphatic carbocycles. The summed E-state index contributed by atoms with van der Waals surface area (Å²) in [5, 5.41) is 13.7. The van der Waals surface area contributed by atoms with Crippen LogP contribution in [0.15, 0.2) is 47.6 Å². The first-order chi connectivity index (χ1) is 11.5. The molecule has 0 radical (unpaired) electrons. The van der Waals surface area contributed by atoms with Crippen molar-refractivity contribution in [2.45, 2.75) is 19.8 Å². The van der Waals surface area contributed by atoms with Crippen LogP contribution in [0.4, 0.5) is 0 Å². The third kappa shape index (κ3) is 5.93. The molecule has 2 aromatic carbocycles. The predicted molar refractivity (Wildman–Crippen MR) is 94.8 cm³/mol. The molecule has 1 amide bonds. The van der Waals surface area contributed by atoms with Gasteiger partial charge in [0.05, 0.1) is 12.8 Å². The summed E-state index contributed by atoms with van der Waals surface area (Å²) in [6.45, 7) is 2.36. The van der Waals surface area contributed by atoms with Gasteiger partial charge in [-0.3, -0.25) is 4.79 Å². The van der Waals surface area contributed by atoms with Gasteiger partial charge in [0.15, 0.2) is 0 Å². The lowest BCUT2D eigenvalue weighted by Gasteiger charge is -2.08. The highest BCUT2D eigenvalue weighted by Gasteiger charge is 2.02. The number of phenolic OH excluding ortho intramolecular Hbond substituents is 1. The first-order valence-corrected chi connectivity index (χ1v) is 7.92. The summed E-state index contributed by atoms with van der Waals surface area (Å²) in [6, 6.07) is 11.9. The predicted octanol–water partition coefficient (Wildman–Crippen LogP) is 3.66. The van der Waals surface area contributed by atoms with Gasteiger partial charge in [-0.25, -0.2) is 5.43 Å². The number of halogens is 1. The molecule has 0 atom stereocenters. The van der Waals surface area contributed by atoms with E-state index in [1.165, 1.54) is 6.21 Å². The van der Waals surface area contributed by atoms with Crippen LogP contribution < -0.4 is 10.2 Å². The zero-order valence-corrected chi connectivity index (χ0v) is 14.1. The Bertz CT molecular complexity index is 715. The Labute approximate surface area is 145 Å². The van der Waals surface area contributed by atoms with E-state index in [0.717, 1.165) is 16.9 Å². The van der Waals surface area contributed by atoms with Crippen molar-refractivity contribution < 1.29 is 14.6 Å². The fourth-order valence-electron chi connectivity index (χ4n) is 1.98. The second-order valence-electron chi connectivity index (χ2n) is 5.25. The number of hydrogen-bond donors (Lipinski definition) is 2. The van der Waals surface area contributed by atoms with E-state index in [4.69, 9.17) is 16.3 Å². The van der Waals surface area contributed by atoms with Crippen LogP contribution in [0.3, 0.4) is 0 Å². The molecule has 0 saturated carbocycles. The molecule has 0 bridgehead atoms. The average Bonchev–Trinajstić information content (AvgIpc) is 2.55. The molecule has 0 fully saturated rings. The lowest BCUT2D eigenvalue weighted by atomic mass is 10.2. The van der Waals surface area contributed by atoms with E-state index in [1.807, 2.05) is 19.1 Å². The SMILES string of the molecule is Cc1cc(Cl)ccc1OCCCC(=O)N/N=C/c1ccc(O)cc1. The van der Waals surface area contributed by atoms with Crippen molar-refractivity contribution in [3.05, 3.63) is 58.6 Å². The zero-order chi connectivity index (χ0) is 17.4. The van der Waals surface area contributed by atoms with Crippen molar-refractivity contribution in [2.24, 2.45) is 5.10 Å². The minimum Gasteiger partial charge on any atom is -0.508 e. The monoisotopic (exact) mass is 346 g/mol. The van der Waals surface area contributed by atoms with E-state index in [-0.39, 0.29) is 11.7 Å². The van der Waals surface area contributed by atoms with Crippen LogP contribution in [0, 0.1) is 6.92 Å². The number of carbonyl (C=O) groups is 1. The van der Waals surface area contributed by atoms with E-state index >= 15 is 0 Å². The first-order valence-electron chi connectivity index (χ1n) is 7.54. The van der Waals surface area contributed by atoms with Crippen LogP contribution in [-0.4, -0.2) is 23.8 Å². The summed E-state index contributed by atoms with van der Waals surface area (Å²) in [4.78, 5) is 11.7. The highest BCUT2D eigenvalue weighted by atomic mass is 35.5. The van der Waals surface area contributed by atoms with E-state index in [9.17, 15) is 9.90 Å². The number of phenols is 1.